The first kappa shape index (κ1) is 11.6. The number of aromatic nitrogens is 2. The highest BCUT2D eigenvalue weighted by atomic mass is 16.5. The summed E-state index contributed by atoms with van der Waals surface area (Å²) in [5.41, 5.74) is 3.20. The van der Waals surface area contributed by atoms with E-state index in [2.05, 4.69) is 9.97 Å². The van der Waals surface area contributed by atoms with Gasteiger partial charge in [-0.2, -0.15) is 0 Å². The molecule has 3 heteroatoms. The predicted octanol–water partition coefficient (Wildman–Crippen LogP) is 2.58. The molecule has 0 radical (unpaired) electrons. The predicted molar refractivity (Wildman–Crippen MR) is 67.2 cm³/mol. The number of rotatable bonds is 4. The molecular formula is C14H16N2O. The summed E-state index contributed by atoms with van der Waals surface area (Å²) < 4.78 is 5.10. The number of ether oxygens (including phenoxy) is 1. The van der Waals surface area contributed by atoms with Crippen molar-refractivity contribution in [2.45, 2.75) is 19.8 Å². The standard InChI is InChI=1S/C14H16N2O/c1-11-5-3-6-12(15-11)9-10-13-7-4-8-14(16-13)17-2/h3-8H,9-10H2,1-2H3. The average Bonchev–Trinajstić information content (AvgIpc) is 2.37. The molecule has 0 aromatic carbocycles. The molecule has 0 saturated carbocycles. The minimum absolute atomic E-state index is 0.666. The van der Waals surface area contributed by atoms with Crippen molar-refractivity contribution in [1.82, 2.24) is 9.97 Å². The van der Waals surface area contributed by atoms with E-state index in [1.54, 1.807) is 7.11 Å². The molecule has 88 valence electrons. The van der Waals surface area contributed by atoms with E-state index in [1.807, 2.05) is 43.3 Å². The highest BCUT2D eigenvalue weighted by Gasteiger charge is 2.00. The van der Waals surface area contributed by atoms with Gasteiger partial charge in [-0.1, -0.05) is 12.1 Å². The molecule has 0 aliphatic heterocycles. The van der Waals surface area contributed by atoms with Crippen LogP contribution in [0, 0.1) is 6.92 Å². The minimum Gasteiger partial charge on any atom is -0.481 e. The summed E-state index contributed by atoms with van der Waals surface area (Å²) in [5.74, 6) is 0.666. The fourth-order valence-corrected chi connectivity index (χ4v) is 1.71. The number of hydrogen-bond acceptors (Lipinski definition) is 3. The lowest BCUT2D eigenvalue weighted by Gasteiger charge is -2.04. The van der Waals surface area contributed by atoms with Gasteiger partial charge >= 0.3 is 0 Å². The lowest BCUT2D eigenvalue weighted by Crippen LogP contribution is -1.98. The number of methoxy groups -OCH3 is 1. The van der Waals surface area contributed by atoms with Crippen molar-refractivity contribution in [3.63, 3.8) is 0 Å². The van der Waals surface area contributed by atoms with Crippen LogP contribution in [0.2, 0.25) is 0 Å². The largest absolute Gasteiger partial charge is 0.481 e. The van der Waals surface area contributed by atoms with E-state index in [9.17, 15) is 0 Å². The summed E-state index contributed by atoms with van der Waals surface area (Å²) in [6, 6.07) is 11.9. The van der Waals surface area contributed by atoms with Crippen molar-refractivity contribution in [2.24, 2.45) is 0 Å². The number of nitrogens with zero attached hydrogens (tertiary/aromatic N) is 2. The summed E-state index contributed by atoms with van der Waals surface area (Å²) in [4.78, 5) is 8.85. The van der Waals surface area contributed by atoms with Crippen LogP contribution in [0.3, 0.4) is 0 Å². The van der Waals surface area contributed by atoms with Gasteiger partial charge in [0.1, 0.15) is 0 Å². The van der Waals surface area contributed by atoms with Crippen molar-refractivity contribution >= 4 is 0 Å². The Hall–Kier alpha value is -1.90. The van der Waals surface area contributed by atoms with Gasteiger partial charge in [0.2, 0.25) is 5.88 Å². The Bertz CT molecular complexity index is 497. The third-order valence-electron chi connectivity index (χ3n) is 2.57. The van der Waals surface area contributed by atoms with Crippen LogP contribution in [0.4, 0.5) is 0 Å². The first-order chi connectivity index (χ1) is 8.28. The smallest absolute Gasteiger partial charge is 0.213 e. The number of pyridine rings is 2. The maximum Gasteiger partial charge on any atom is 0.213 e. The second-order valence-electron chi connectivity index (χ2n) is 3.94. The summed E-state index contributed by atoms with van der Waals surface area (Å²) in [7, 11) is 1.63. The second-order valence-corrected chi connectivity index (χ2v) is 3.94. The maximum atomic E-state index is 5.10. The zero-order valence-electron chi connectivity index (χ0n) is 10.2. The molecule has 0 aliphatic rings. The molecule has 2 aromatic rings. The van der Waals surface area contributed by atoms with E-state index >= 15 is 0 Å². The topological polar surface area (TPSA) is 35.0 Å². The molecule has 0 saturated heterocycles. The molecule has 2 heterocycles. The molecule has 0 fully saturated rings. The van der Waals surface area contributed by atoms with E-state index in [1.165, 1.54) is 0 Å². The molecule has 17 heavy (non-hydrogen) atoms. The van der Waals surface area contributed by atoms with Crippen LogP contribution in [0.15, 0.2) is 36.4 Å². The van der Waals surface area contributed by atoms with Crippen molar-refractivity contribution in [1.29, 1.82) is 0 Å². The van der Waals surface area contributed by atoms with Gasteiger partial charge in [0, 0.05) is 23.1 Å². The molecule has 0 spiro atoms. The lowest BCUT2D eigenvalue weighted by atomic mass is 10.1. The maximum absolute atomic E-state index is 5.10. The molecule has 0 amide bonds. The normalized spacial score (nSPS) is 10.2. The summed E-state index contributed by atoms with van der Waals surface area (Å²) in [6.07, 6.45) is 1.79. The Balaban J connectivity index is 2.02. The molecule has 3 nitrogen and oxygen atoms in total. The van der Waals surface area contributed by atoms with Crippen LogP contribution in [0.25, 0.3) is 0 Å². The van der Waals surface area contributed by atoms with Crippen LogP contribution in [0.5, 0.6) is 5.88 Å². The summed E-state index contributed by atoms with van der Waals surface area (Å²) in [5, 5.41) is 0. The molecule has 2 aromatic heterocycles. The van der Waals surface area contributed by atoms with Gasteiger partial charge < -0.3 is 4.74 Å². The summed E-state index contributed by atoms with van der Waals surface area (Å²) >= 11 is 0. The fourth-order valence-electron chi connectivity index (χ4n) is 1.71. The van der Waals surface area contributed by atoms with Gasteiger partial charge in [-0.3, -0.25) is 4.98 Å². The van der Waals surface area contributed by atoms with Crippen molar-refractivity contribution < 1.29 is 4.74 Å². The highest BCUT2D eigenvalue weighted by Crippen LogP contribution is 2.09. The lowest BCUT2D eigenvalue weighted by molar-refractivity contribution is 0.396. The second kappa shape index (κ2) is 5.43. The van der Waals surface area contributed by atoms with Crippen molar-refractivity contribution in [3.8, 4) is 5.88 Å². The van der Waals surface area contributed by atoms with E-state index < -0.39 is 0 Å². The Morgan fingerprint density at radius 3 is 2.24 bits per heavy atom. The van der Waals surface area contributed by atoms with Crippen LogP contribution in [0.1, 0.15) is 17.1 Å². The number of hydrogen-bond donors (Lipinski definition) is 0. The molecule has 0 bridgehead atoms. The summed E-state index contributed by atoms with van der Waals surface area (Å²) in [6.45, 7) is 2.01. The molecular weight excluding hydrogens is 212 g/mol. The highest BCUT2D eigenvalue weighted by molar-refractivity contribution is 5.17. The first-order valence-electron chi connectivity index (χ1n) is 5.70. The van der Waals surface area contributed by atoms with Crippen LogP contribution in [-0.4, -0.2) is 17.1 Å². The minimum atomic E-state index is 0.666. The van der Waals surface area contributed by atoms with Crippen molar-refractivity contribution in [2.75, 3.05) is 7.11 Å². The Kier molecular flexibility index (Phi) is 3.70. The zero-order chi connectivity index (χ0) is 12.1. The van der Waals surface area contributed by atoms with Gasteiger partial charge in [-0.15, -0.1) is 0 Å². The van der Waals surface area contributed by atoms with Gasteiger partial charge in [0.15, 0.2) is 0 Å². The van der Waals surface area contributed by atoms with Gasteiger partial charge in [0.25, 0.3) is 0 Å². The van der Waals surface area contributed by atoms with Crippen LogP contribution in [-0.2, 0) is 12.8 Å². The van der Waals surface area contributed by atoms with Gasteiger partial charge in [-0.05, 0) is 38.0 Å². The van der Waals surface area contributed by atoms with Crippen molar-refractivity contribution in [3.05, 3.63) is 53.5 Å². The quantitative estimate of drug-likeness (QED) is 0.806. The van der Waals surface area contributed by atoms with E-state index in [4.69, 9.17) is 4.74 Å². The molecule has 0 N–H and O–H groups in total. The average molecular weight is 228 g/mol. The van der Waals surface area contributed by atoms with E-state index in [-0.39, 0.29) is 0 Å². The monoisotopic (exact) mass is 228 g/mol. The third kappa shape index (κ3) is 3.28. The van der Waals surface area contributed by atoms with Crippen LogP contribution < -0.4 is 4.74 Å². The third-order valence-corrected chi connectivity index (χ3v) is 2.57. The molecule has 0 atom stereocenters. The molecule has 0 unspecified atom stereocenters. The van der Waals surface area contributed by atoms with E-state index in [0.717, 1.165) is 29.9 Å². The number of aryl methyl sites for hydroxylation is 3. The Labute approximate surface area is 102 Å². The SMILES string of the molecule is COc1cccc(CCc2cccc(C)n2)n1. The van der Waals surface area contributed by atoms with Gasteiger partial charge in [0.05, 0.1) is 7.11 Å². The zero-order valence-corrected chi connectivity index (χ0v) is 10.2. The van der Waals surface area contributed by atoms with Crippen LogP contribution >= 0.6 is 0 Å². The Morgan fingerprint density at radius 1 is 0.941 bits per heavy atom. The molecule has 2 rings (SSSR count). The molecule has 0 aliphatic carbocycles. The van der Waals surface area contributed by atoms with Gasteiger partial charge in [-0.25, -0.2) is 4.98 Å². The Morgan fingerprint density at radius 2 is 1.59 bits per heavy atom. The first-order valence-corrected chi connectivity index (χ1v) is 5.70. The fraction of sp³-hybridized carbons (Fsp3) is 0.286. The van der Waals surface area contributed by atoms with E-state index in [0.29, 0.717) is 5.88 Å².